The third-order valence-electron chi connectivity index (χ3n) is 5.41. The van der Waals surface area contributed by atoms with Crippen LogP contribution < -0.4 is 4.90 Å². The Morgan fingerprint density at radius 1 is 1.00 bits per heavy atom. The van der Waals surface area contributed by atoms with Crippen LogP contribution in [0.5, 0.6) is 0 Å². The highest BCUT2D eigenvalue weighted by Crippen LogP contribution is 2.59. The van der Waals surface area contributed by atoms with Gasteiger partial charge in [0.2, 0.25) is 11.8 Å². The average Bonchev–Trinajstić information content (AvgIpc) is 3.20. The zero-order valence-corrected chi connectivity index (χ0v) is 15.6. The van der Waals surface area contributed by atoms with E-state index in [0.29, 0.717) is 5.69 Å². The number of benzene rings is 1. The molecule has 0 radical (unpaired) electrons. The smallest absolute Gasteiger partial charge is 0.305 e. The topological polar surface area (TPSA) is 99.2 Å². The number of anilines is 1. The van der Waals surface area contributed by atoms with Crippen molar-refractivity contribution in [1.29, 1.82) is 0 Å². The van der Waals surface area contributed by atoms with Crippen LogP contribution in [0, 0.1) is 11.8 Å². The molecule has 28 heavy (non-hydrogen) atoms. The zero-order chi connectivity index (χ0) is 20.3. The lowest BCUT2D eigenvalue weighted by Gasteiger charge is -2.34. The van der Waals surface area contributed by atoms with Crippen molar-refractivity contribution >= 4 is 29.4 Å². The molecule has 8 heteroatoms. The molecule has 1 aromatic carbocycles. The van der Waals surface area contributed by atoms with E-state index >= 15 is 0 Å². The maximum Gasteiger partial charge on any atom is 0.305 e. The van der Waals surface area contributed by atoms with Crippen LogP contribution in [0.15, 0.2) is 42.5 Å². The van der Waals surface area contributed by atoms with Gasteiger partial charge in [0.15, 0.2) is 5.60 Å². The Balaban J connectivity index is 1.80. The summed E-state index contributed by atoms with van der Waals surface area (Å²) in [5.41, 5.74) is -2.20. The van der Waals surface area contributed by atoms with E-state index in [9.17, 15) is 19.2 Å². The number of carbonyl (C=O) groups excluding carboxylic acids is 4. The fourth-order valence-electron chi connectivity index (χ4n) is 4.40. The van der Waals surface area contributed by atoms with E-state index < -0.39 is 53.1 Å². The Hall–Kier alpha value is -3.00. The summed E-state index contributed by atoms with van der Waals surface area (Å²) >= 11 is 0. The quantitative estimate of drug-likeness (QED) is 0.334. The largest absolute Gasteiger partial charge is 0.422 e. The number of hydrogen-bond donors (Lipinski definition) is 0. The van der Waals surface area contributed by atoms with Crippen molar-refractivity contribution in [3.05, 3.63) is 42.5 Å². The summed E-state index contributed by atoms with van der Waals surface area (Å²) in [5, 5.41) is 0. The monoisotopic (exact) mass is 385 g/mol. The van der Waals surface area contributed by atoms with Crippen molar-refractivity contribution in [2.45, 2.75) is 38.3 Å². The molecule has 2 amide bonds. The third-order valence-corrected chi connectivity index (χ3v) is 5.41. The lowest BCUT2D eigenvalue weighted by molar-refractivity contribution is -0.231. The van der Waals surface area contributed by atoms with Gasteiger partial charge in [-0.15, -0.1) is 0 Å². The van der Waals surface area contributed by atoms with Gasteiger partial charge in [-0.05, 0) is 25.1 Å². The predicted molar refractivity (Wildman–Crippen MR) is 94.6 cm³/mol. The number of hydrogen-bond acceptors (Lipinski definition) is 7. The second-order valence-electron chi connectivity index (χ2n) is 7.33. The minimum atomic E-state index is -1.56. The number of imide groups is 1. The molecule has 0 saturated carbocycles. The molecule has 0 spiro atoms. The van der Waals surface area contributed by atoms with E-state index in [1.165, 1.54) is 0 Å². The number of esters is 2. The van der Waals surface area contributed by atoms with Crippen LogP contribution in [0.4, 0.5) is 5.69 Å². The highest BCUT2D eigenvalue weighted by atomic mass is 16.7. The summed E-state index contributed by atoms with van der Waals surface area (Å²) < 4.78 is 16.5. The number of carbonyl (C=O) groups is 4. The Bertz CT molecular complexity index is 894. The third kappa shape index (κ3) is 2.41. The first kappa shape index (κ1) is 18.4. The van der Waals surface area contributed by atoms with Gasteiger partial charge in [-0.3, -0.25) is 19.2 Å². The molecule has 1 aromatic rings. The minimum absolute atomic E-state index is 0.403. The summed E-state index contributed by atoms with van der Waals surface area (Å²) in [6.45, 7) is 4.01. The van der Waals surface area contributed by atoms with Crippen molar-refractivity contribution in [2.24, 2.45) is 11.8 Å². The average molecular weight is 385 g/mol. The fraction of sp³-hybridized carbons (Fsp3) is 0.400. The molecule has 146 valence electrons. The fourth-order valence-corrected chi connectivity index (χ4v) is 4.40. The summed E-state index contributed by atoms with van der Waals surface area (Å²) in [5.74, 6) is -4.10. The van der Waals surface area contributed by atoms with Crippen LogP contribution in [0.1, 0.15) is 20.8 Å². The van der Waals surface area contributed by atoms with Gasteiger partial charge >= 0.3 is 11.9 Å². The standard InChI is InChI=1S/C20H19NO7/c1-11(22)26-18(27-12(2)23)20-10-9-19(3,28-20)14-15(20)17(25)21(16(14)24)13-7-5-4-6-8-13/h4-10,14-15,18H,1-3H3/t14-,15+,19+,20+/m0/s1. The lowest BCUT2D eigenvalue weighted by Crippen LogP contribution is -2.52. The maximum atomic E-state index is 13.3. The number of para-hydroxylation sites is 1. The molecule has 2 saturated heterocycles. The molecule has 0 aliphatic carbocycles. The summed E-state index contributed by atoms with van der Waals surface area (Å²) in [6.07, 6.45) is 1.74. The SMILES string of the molecule is CC(=O)OC(OC(C)=O)[C@]12C=C[C@@](C)(O1)[C@@H]1C(=O)N(c3ccccc3)C(=O)[C@@H]12. The molecule has 3 heterocycles. The van der Waals surface area contributed by atoms with Crippen molar-refractivity contribution in [3.63, 3.8) is 0 Å². The van der Waals surface area contributed by atoms with E-state index in [1.54, 1.807) is 49.4 Å². The molecule has 4 atom stereocenters. The van der Waals surface area contributed by atoms with Gasteiger partial charge in [-0.1, -0.05) is 24.3 Å². The number of nitrogens with zero attached hydrogens (tertiary/aromatic N) is 1. The molecule has 2 fully saturated rings. The van der Waals surface area contributed by atoms with Crippen LogP contribution >= 0.6 is 0 Å². The van der Waals surface area contributed by atoms with Gasteiger partial charge in [-0.2, -0.15) is 0 Å². The van der Waals surface area contributed by atoms with Crippen LogP contribution in [-0.2, 0) is 33.4 Å². The van der Waals surface area contributed by atoms with Gasteiger partial charge in [0.25, 0.3) is 6.29 Å². The molecule has 3 aliphatic heterocycles. The van der Waals surface area contributed by atoms with E-state index in [-0.39, 0.29) is 0 Å². The minimum Gasteiger partial charge on any atom is -0.422 e. The summed E-state index contributed by atoms with van der Waals surface area (Å²) in [4.78, 5) is 50.8. The molecule has 0 N–H and O–H groups in total. The van der Waals surface area contributed by atoms with Gasteiger partial charge in [0.1, 0.15) is 0 Å². The lowest BCUT2D eigenvalue weighted by atomic mass is 9.72. The molecule has 0 aromatic heterocycles. The Kier molecular flexibility index (Phi) is 3.94. The normalized spacial score (nSPS) is 32.8. The highest BCUT2D eigenvalue weighted by molar-refractivity contribution is 6.23. The summed E-state index contributed by atoms with van der Waals surface area (Å²) in [7, 11) is 0. The molecule has 8 nitrogen and oxygen atoms in total. The van der Waals surface area contributed by atoms with E-state index in [2.05, 4.69) is 0 Å². The molecular weight excluding hydrogens is 366 g/mol. The second kappa shape index (κ2) is 6.00. The maximum absolute atomic E-state index is 13.3. The number of amides is 2. The van der Waals surface area contributed by atoms with Crippen molar-refractivity contribution in [3.8, 4) is 0 Å². The van der Waals surface area contributed by atoms with Gasteiger partial charge in [-0.25, -0.2) is 4.90 Å². The predicted octanol–water partition coefficient (Wildman–Crippen LogP) is 1.34. The summed E-state index contributed by atoms with van der Waals surface area (Å²) in [6, 6.07) is 8.57. The molecule has 0 unspecified atom stereocenters. The first-order valence-electron chi connectivity index (χ1n) is 8.87. The Labute approximate surface area is 161 Å². The van der Waals surface area contributed by atoms with Crippen molar-refractivity contribution in [1.82, 2.24) is 0 Å². The highest BCUT2D eigenvalue weighted by Gasteiger charge is 2.75. The number of rotatable bonds is 4. The Morgan fingerprint density at radius 2 is 1.57 bits per heavy atom. The number of fused-ring (bicyclic) bond motifs is 5. The van der Waals surface area contributed by atoms with Crippen LogP contribution in [0.2, 0.25) is 0 Å². The number of ether oxygens (including phenoxy) is 3. The Morgan fingerprint density at radius 3 is 2.14 bits per heavy atom. The van der Waals surface area contributed by atoms with Gasteiger partial charge in [0.05, 0.1) is 23.1 Å². The van der Waals surface area contributed by atoms with Crippen LogP contribution in [0.25, 0.3) is 0 Å². The first-order valence-corrected chi connectivity index (χ1v) is 8.87. The van der Waals surface area contributed by atoms with Crippen molar-refractivity contribution < 1.29 is 33.4 Å². The zero-order valence-electron chi connectivity index (χ0n) is 15.6. The second-order valence-corrected chi connectivity index (χ2v) is 7.33. The van der Waals surface area contributed by atoms with E-state index in [0.717, 1.165) is 18.7 Å². The molecule has 4 rings (SSSR count). The molecule has 3 aliphatic rings. The van der Waals surface area contributed by atoms with Crippen LogP contribution in [0.3, 0.4) is 0 Å². The molecule has 2 bridgehead atoms. The first-order chi connectivity index (χ1) is 13.2. The van der Waals surface area contributed by atoms with Gasteiger partial charge < -0.3 is 14.2 Å². The van der Waals surface area contributed by atoms with Gasteiger partial charge in [0, 0.05) is 13.8 Å². The van der Waals surface area contributed by atoms with E-state index in [4.69, 9.17) is 14.2 Å². The van der Waals surface area contributed by atoms with Crippen LogP contribution in [-0.4, -0.2) is 41.2 Å². The molecular formula is C20H19NO7. The van der Waals surface area contributed by atoms with E-state index in [1.807, 2.05) is 0 Å². The van der Waals surface area contributed by atoms with Crippen molar-refractivity contribution in [2.75, 3.05) is 4.90 Å².